The lowest BCUT2D eigenvalue weighted by molar-refractivity contribution is -0.144. The Morgan fingerprint density at radius 2 is 1.69 bits per heavy atom. The molecule has 2 amide bonds. The number of rotatable bonds is 17. The number of nitrogens with one attached hydrogen (secondary N) is 2. The Balaban J connectivity index is 2.67. The van der Waals surface area contributed by atoms with E-state index in [1.165, 1.54) is 6.92 Å². The number of hydroxylamine groups is 1. The van der Waals surface area contributed by atoms with Crippen LogP contribution in [0.3, 0.4) is 0 Å². The monoisotopic (exact) mass is 494 g/mol. The zero-order valence-electron chi connectivity index (χ0n) is 21.8. The number of amides is 2. The highest BCUT2D eigenvalue weighted by Gasteiger charge is 2.31. The molecule has 198 valence electrons. The molecule has 1 aromatic carbocycles. The molecule has 0 aliphatic heterocycles. The molecule has 0 fully saturated rings. The first-order valence-corrected chi connectivity index (χ1v) is 12.2. The molecule has 1 rings (SSSR count). The molecule has 2 N–H and O–H groups in total. The molecule has 2 atom stereocenters. The average molecular weight is 495 g/mol. The number of ether oxygens (including phenoxy) is 3. The molecule has 35 heavy (non-hydrogen) atoms. The fourth-order valence-corrected chi connectivity index (χ4v) is 3.16. The van der Waals surface area contributed by atoms with Crippen LogP contribution in [0.5, 0.6) is 0 Å². The Labute approximate surface area is 209 Å². The number of benzene rings is 1. The van der Waals surface area contributed by atoms with Gasteiger partial charge >= 0.3 is 5.97 Å². The van der Waals surface area contributed by atoms with E-state index in [9.17, 15) is 14.4 Å². The van der Waals surface area contributed by atoms with Gasteiger partial charge in [-0.3, -0.25) is 19.2 Å². The zero-order valence-corrected chi connectivity index (χ0v) is 21.8. The molecule has 9 nitrogen and oxygen atoms in total. The zero-order chi connectivity index (χ0) is 26.1. The number of esters is 1. The third-order valence-corrected chi connectivity index (χ3v) is 5.30. The second-order valence-electron chi connectivity index (χ2n) is 9.38. The van der Waals surface area contributed by atoms with Gasteiger partial charge in [-0.25, -0.2) is 5.48 Å². The first-order chi connectivity index (χ1) is 16.6. The molecule has 0 saturated carbocycles. The summed E-state index contributed by atoms with van der Waals surface area (Å²) in [7, 11) is 0. The topological polar surface area (TPSA) is 112 Å². The van der Waals surface area contributed by atoms with Crippen molar-refractivity contribution in [3.05, 3.63) is 35.9 Å². The SMILES string of the molecule is CCOCCOCCC[C@H](CC(=O)NOCc1ccccc1)C(=O)N[C@H](COC(C)=O)C(C)(C)C. The van der Waals surface area contributed by atoms with Gasteiger partial charge in [-0.1, -0.05) is 51.1 Å². The van der Waals surface area contributed by atoms with Crippen LogP contribution < -0.4 is 10.8 Å². The molecule has 0 unspecified atom stereocenters. The van der Waals surface area contributed by atoms with Gasteiger partial charge in [-0.15, -0.1) is 0 Å². The van der Waals surface area contributed by atoms with Crippen LogP contribution in [0.25, 0.3) is 0 Å². The van der Waals surface area contributed by atoms with Crippen molar-refractivity contribution in [2.24, 2.45) is 11.3 Å². The summed E-state index contributed by atoms with van der Waals surface area (Å²) in [6, 6.07) is 9.06. The molecule has 0 aliphatic carbocycles. The van der Waals surface area contributed by atoms with Gasteiger partial charge in [-0.05, 0) is 30.7 Å². The highest BCUT2D eigenvalue weighted by atomic mass is 16.6. The minimum atomic E-state index is -0.590. The van der Waals surface area contributed by atoms with Crippen LogP contribution in [-0.4, -0.2) is 56.9 Å². The lowest BCUT2D eigenvalue weighted by atomic mass is 9.86. The molecular formula is C26H42N2O7. The maximum absolute atomic E-state index is 13.1. The first kappa shape index (κ1) is 30.5. The Kier molecular flexibility index (Phi) is 14.9. The fourth-order valence-electron chi connectivity index (χ4n) is 3.16. The van der Waals surface area contributed by atoms with Crippen molar-refractivity contribution in [2.75, 3.05) is 33.0 Å². The van der Waals surface area contributed by atoms with Gasteiger partial charge in [0, 0.05) is 32.5 Å². The van der Waals surface area contributed by atoms with Crippen LogP contribution in [0.1, 0.15) is 59.4 Å². The van der Waals surface area contributed by atoms with E-state index in [-0.39, 0.29) is 36.9 Å². The van der Waals surface area contributed by atoms with E-state index in [0.29, 0.717) is 39.3 Å². The molecule has 0 spiro atoms. The van der Waals surface area contributed by atoms with Crippen LogP contribution >= 0.6 is 0 Å². The quantitative estimate of drug-likeness (QED) is 0.194. The van der Waals surface area contributed by atoms with Gasteiger partial charge in [0.2, 0.25) is 11.8 Å². The summed E-state index contributed by atoms with van der Waals surface area (Å²) < 4.78 is 15.9. The number of hydrogen-bond donors (Lipinski definition) is 2. The molecule has 0 bridgehead atoms. The van der Waals surface area contributed by atoms with Gasteiger partial charge in [0.05, 0.1) is 25.9 Å². The van der Waals surface area contributed by atoms with Crippen LogP contribution in [-0.2, 0) is 40.0 Å². The lowest BCUT2D eigenvalue weighted by Crippen LogP contribution is -2.49. The van der Waals surface area contributed by atoms with Crippen LogP contribution in [0.15, 0.2) is 30.3 Å². The number of carbonyl (C=O) groups excluding carboxylic acids is 3. The third kappa shape index (κ3) is 14.5. The molecule has 9 heteroatoms. The lowest BCUT2D eigenvalue weighted by Gasteiger charge is -2.32. The van der Waals surface area contributed by atoms with Gasteiger partial charge in [0.25, 0.3) is 0 Å². The van der Waals surface area contributed by atoms with Crippen LogP contribution in [0.4, 0.5) is 0 Å². The van der Waals surface area contributed by atoms with E-state index in [1.54, 1.807) is 0 Å². The molecule has 0 aliphatic rings. The van der Waals surface area contributed by atoms with Crippen molar-refractivity contribution >= 4 is 17.8 Å². The van der Waals surface area contributed by atoms with Crippen molar-refractivity contribution in [1.82, 2.24) is 10.8 Å². The third-order valence-electron chi connectivity index (χ3n) is 5.30. The predicted octanol–water partition coefficient (Wildman–Crippen LogP) is 3.17. The minimum absolute atomic E-state index is 0.0377. The Hall–Kier alpha value is -2.49. The Morgan fingerprint density at radius 1 is 1.00 bits per heavy atom. The molecule has 0 radical (unpaired) electrons. The summed E-state index contributed by atoms with van der Waals surface area (Å²) in [6.45, 7) is 11.5. The van der Waals surface area contributed by atoms with Crippen molar-refractivity contribution in [1.29, 1.82) is 0 Å². The number of hydrogen-bond acceptors (Lipinski definition) is 7. The predicted molar refractivity (Wildman–Crippen MR) is 132 cm³/mol. The minimum Gasteiger partial charge on any atom is -0.464 e. The van der Waals surface area contributed by atoms with E-state index in [2.05, 4.69) is 10.8 Å². The van der Waals surface area contributed by atoms with E-state index in [1.807, 2.05) is 58.0 Å². The van der Waals surface area contributed by atoms with Crippen molar-refractivity contribution in [2.45, 2.75) is 66.5 Å². The summed E-state index contributed by atoms with van der Waals surface area (Å²) in [4.78, 5) is 42.3. The molecule has 1 aromatic rings. The highest BCUT2D eigenvalue weighted by molar-refractivity contribution is 5.85. The van der Waals surface area contributed by atoms with Crippen molar-refractivity contribution < 1.29 is 33.4 Å². The van der Waals surface area contributed by atoms with Gasteiger partial charge in [0.1, 0.15) is 6.61 Å². The van der Waals surface area contributed by atoms with Gasteiger partial charge in [-0.2, -0.15) is 0 Å². The highest BCUT2D eigenvalue weighted by Crippen LogP contribution is 2.21. The second kappa shape index (κ2) is 17.0. The largest absolute Gasteiger partial charge is 0.464 e. The second-order valence-corrected chi connectivity index (χ2v) is 9.38. The summed E-state index contributed by atoms with van der Waals surface area (Å²) >= 11 is 0. The van der Waals surface area contributed by atoms with E-state index in [4.69, 9.17) is 19.0 Å². The summed E-state index contributed by atoms with van der Waals surface area (Å²) in [5.74, 6) is -1.66. The van der Waals surface area contributed by atoms with Crippen molar-refractivity contribution in [3.63, 3.8) is 0 Å². The summed E-state index contributed by atoms with van der Waals surface area (Å²) in [5, 5.41) is 2.97. The van der Waals surface area contributed by atoms with Crippen LogP contribution in [0.2, 0.25) is 0 Å². The van der Waals surface area contributed by atoms with Crippen molar-refractivity contribution in [3.8, 4) is 0 Å². The maximum Gasteiger partial charge on any atom is 0.302 e. The first-order valence-electron chi connectivity index (χ1n) is 12.2. The van der Waals surface area contributed by atoms with E-state index >= 15 is 0 Å². The van der Waals surface area contributed by atoms with Crippen LogP contribution in [0, 0.1) is 11.3 Å². The molecule has 0 saturated heterocycles. The summed E-state index contributed by atoms with van der Waals surface area (Å²) in [5.41, 5.74) is 3.00. The number of carbonyl (C=O) groups is 3. The van der Waals surface area contributed by atoms with Gasteiger partial charge < -0.3 is 19.5 Å². The van der Waals surface area contributed by atoms with E-state index in [0.717, 1.165) is 5.56 Å². The van der Waals surface area contributed by atoms with E-state index < -0.39 is 17.9 Å². The average Bonchev–Trinajstić information content (AvgIpc) is 2.80. The molecular weight excluding hydrogens is 452 g/mol. The standard InChI is InChI=1S/C26H42N2O7/c1-6-32-15-16-33-14-10-13-22(17-24(30)28-35-18-21-11-8-7-9-12-21)25(31)27-23(26(3,4)5)19-34-20(2)29/h7-9,11-12,22-23H,6,10,13-19H2,1-5H3,(H,27,31)(H,28,30)/t22-,23-/m1/s1. The summed E-state index contributed by atoms with van der Waals surface area (Å²) in [6.07, 6.45) is 1.02. The normalized spacial score (nSPS) is 13.1. The Morgan fingerprint density at radius 3 is 2.31 bits per heavy atom. The Bertz CT molecular complexity index is 750. The maximum atomic E-state index is 13.1. The molecule has 0 heterocycles. The van der Waals surface area contributed by atoms with Gasteiger partial charge in [0.15, 0.2) is 0 Å². The smallest absolute Gasteiger partial charge is 0.302 e. The molecule has 0 aromatic heterocycles. The fraction of sp³-hybridized carbons (Fsp3) is 0.654.